The van der Waals surface area contributed by atoms with Gasteiger partial charge in [0.15, 0.2) is 11.5 Å². The number of hydrogen-bond acceptors (Lipinski definition) is 6. The van der Waals surface area contributed by atoms with Crippen molar-refractivity contribution in [1.29, 1.82) is 0 Å². The number of rotatable bonds is 6. The fourth-order valence-electron chi connectivity index (χ4n) is 3.22. The highest BCUT2D eigenvalue weighted by molar-refractivity contribution is 7.89. The molecule has 1 aliphatic heterocycles. The Hall–Kier alpha value is -2.45. The molecule has 1 saturated carbocycles. The molecule has 2 aliphatic rings. The standard InChI is InChI=1S/C19H21NO6S/c1-23-14-4-6-18(17(12-14)24-2)27(21,22)20-19(7-8-19)13-3-5-15-16(11-13)26-10-9-25-15/h3-6,11-12,20H,7-10H2,1-2H3. The van der Waals surface area contributed by atoms with E-state index in [-0.39, 0.29) is 10.6 Å². The lowest BCUT2D eigenvalue weighted by atomic mass is 10.1. The molecule has 0 radical (unpaired) electrons. The van der Waals surface area contributed by atoms with Crippen molar-refractivity contribution in [3.05, 3.63) is 42.0 Å². The molecule has 144 valence electrons. The first-order chi connectivity index (χ1) is 13.0. The van der Waals surface area contributed by atoms with Crippen molar-refractivity contribution in [2.45, 2.75) is 23.3 Å². The molecule has 0 saturated heterocycles. The first-order valence-electron chi connectivity index (χ1n) is 8.64. The number of ether oxygens (including phenoxy) is 4. The van der Waals surface area contributed by atoms with Crippen LogP contribution in [0.15, 0.2) is 41.3 Å². The summed E-state index contributed by atoms with van der Waals surface area (Å²) in [6.07, 6.45) is 1.43. The number of nitrogens with one attached hydrogen (secondary N) is 1. The molecule has 0 atom stereocenters. The van der Waals surface area contributed by atoms with Crippen LogP contribution in [0.3, 0.4) is 0 Å². The summed E-state index contributed by atoms with van der Waals surface area (Å²) in [7, 11) is -0.847. The molecule has 1 fully saturated rings. The van der Waals surface area contributed by atoms with Gasteiger partial charge in [0.2, 0.25) is 10.0 Å². The second-order valence-electron chi connectivity index (χ2n) is 6.56. The SMILES string of the molecule is COc1ccc(S(=O)(=O)NC2(c3ccc4c(c3)OCCO4)CC2)c(OC)c1. The van der Waals surface area contributed by atoms with Crippen LogP contribution in [-0.2, 0) is 15.6 Å². The highest BCUT2D eigenvalue weighted by Gasteiger charge is 2.48. The summed E-state index contributed by atoms with van der Waals surface area (Å²) in [6, 6.07) is 10.2. The molecule has 7 nitrogen and oxygen atoms in total. The van der Waals surface area contributed by atoms with Crippen LogP contribution in [0, 0.1) is 0 Å². The molecule has 4 rings (SSSR count). The fourth-order valence-corrected chi connectivity index (χ4v) is 4.83. The molecule has 1 aliphatic carbocycles. The Kier molecular flexibility index (Phi) is 4.39. The number of hydrogen-bond donors (Lipinski definition) is 1. The van der Waals surface area contributed by atoms with Gasteiger partial charge in [-0.2, -0.15) is 0 Å². The lowest BCUT2D eigenvalue weighted by Crippen LogP contribution is -2.35. The summed E-state index contributed by atoms with van der Waals surface area (Å²) < 4.78 is 50.5. The summed E-state index contributed by atoms with van der Waals surface area (Å²) in [4.78, 5) is 0.0784. The zero-order valence-electron chi connectivity index (χ0n) is 15.2. The van der Waals surface area contributed by atoms with E-state index < -0.39 is 15.6 Å². The van der Waals surface area contributed by atoms with Crippen molar-refractivity contribution >= 4 is 10.0 Å². The zero-order chi connectivity index (χ0) is 19.1. The third kappa shape index (κ3) is 3.30. The van der Waals surface area contributed by atoms with E-state index >= 15 is 0 Å². The maximum absolute atomic E-state index is 13.0. The van der Waals surface area contributed by atoms with Crippen LogP contribution in [0.4, 0.5) is 0 Å². The molecule has 0 amide bonds. The van der Waals surface area contributed by atoms with Crippen molar-refractivity contribution in [2.75, 3.05) is 27.4 Å². The van der Waals surface area contributed by atoms with E-state index in [1.165, 1.54) is 20.3 Å². The van der Waals surface area contributed by atoms with E-state index in [9.17, 15) is 8.42 Å². The minimum atomic E-state index is -3.80. The molecule has 27 heavy (non-hydrogen) atoms. The monoisotopic (exact) mass is 391 g/mol. The van der Waals surface area contributed by atoms with Gasteiger partial charge in [-0.05, 0) is 42.7 Å². The van der Waals surface area contributed by atoms with Crippen molar-refractivity contribution in [3.63, 3.8) is 0 Å². The molecule has 2 aromatic rings. The highest BCUT2D eigenvalue weighted by Crippen LogP contribution is 2.49. The molecule has 1 N–H and O–H groups in total. The Labute approximate surface area is 158 Å². The maximum atomic E-state index is 13.0. The average molecular weight is 391 g/mol. The molecule has 0 bridgehead atoms. The van der Waals surface area contributed by atoms with Crippen LogP contribution in [0.5, 0.6) is 23.0 Å². The normalized spacial score (nSPS) is 17.3. The topological polar surface area (TPSA) is 83.1 Å². The molecule has 8 heteroatoms. The first-order valence-corrected chi connectivity index (χ1v) is 10.1. The molecule has 2 aromatic carbocycles. The lowest BCUT2D eigenvalue weighted by molar-refractivity contribution is 0.171. The molecule has 0 aromatic heterocycles. The number of methoxy groups -OCH3 is 2. The van der Waals surface area contributed by atoms with Crippen molar-refractivity contribution < 1.29 is 27.4 Å². The quantitative estimate of drug-likeness (QED) is 0.814. The third-order valence-electron chi connectivity index (χ3n) is 4.83. The van der Waals surface area contributed by atoms with Crippen molar-refractivity contribution in [3.8, 4) is 23.0 Å². The van der Waals surface area contributed by atoms with E-state index in [0.717, 1.165) is 5.56 Å². The lowest BCUT2D eigenvalue weighted by Gasteiger charge is -2.23. The molecule has 1 heterocycles. The second-order valence-corrected chi connectivity index (χ2v) is 8.21. The first kappa shape index (κ1) is 17.9. The zero-order valence-corrected chi connectivity index (χ0v) is 16.0. The number of sulfonamides is 1. The van der Waals surface area contributed by atoms with Gasteiger partial charge >= 0.3 is 0 Å². The fraction of sp³-hybridized carbons (Fsp3) is 0.368. The minimum absolute atomic E-state index is 0.0784. The van der Waals surface area contributed by atoms with E-state index in [1.54, 1.807) is 12.1 Å². The van der Waals surface area contributed by atoms with E-state index in [2.05, 4.69) is 4.72 Å². The number of fused-ring (bicyclic) bond motifs is 1. The molecular formula is C19H21NO6S. The summed E-state index contributed by atoms with van der Waals surface area (Å²) in [5.74, 6) is 2.09. The Morgan fingerprint density at radius 1 is 0.963 bits per heavy atom. The Morgan fingerprint density at radius 2 is 1.70 bits per heavy atom. The van der Waals surface area contributed by atoms with Crippen LogP contribution in [0.1, 0.15) is 18.4 Å². The van der Waals surface area contributed by atoms with Gasteiger partial charge in [-0.25, -0.2) is 13.1 Å². The van der Waals surface area contributed by atoms with Gasteiger partial charge in [0, 0.05) is 6.07 Å². The molecule has 0 spiro atoms. The Bertz CT molecular complexity index is 968. The van der Waals surface area contributed by atoms with Crippen LogP contribution < -0.4 is 23.7 Å². The van der Waals surface area contributed by atoms with Crippen LogP contribution >= 0.6 is 0 Å². The predicted octanol–water partition coefficient (Wildman–Crippen LogP) is 2.44. The van der Waals surface area contributed by atoms with Crippen molar-refractivity contribution in [2.24, 2.45) is 0 Å². The number of benzene rings is 2. The van der Waals surface area contributed by atoms with Gasteiger partial charge < -0.3 is 18.9 Å². The van der Waals surface area contributed by atoms with Crippen LogP contribution in [0.25, 0.3) is 0 Å². The van der Waals surface area contributed by atoms with Crippen LogP contribution in [-0.4, -0.2) is 35.9 Å². The predicted molar refractivity (Wildman–Crippen MR) is 98.2 cm³/mol. The maximum Gasteiger partial charge on any atom is 0.245 e. The summed E-state index contributed by atoms with van der Waals surface area (Å²) in [5, 5.41) is 0. The second kappa shape index (κ2) is 6.61. The summed E-state index contributed by atoms with van der Waals surface area (Å²) in [5.41, 5.74) is 0.224. The minimum Gasteiger partial charge on any atom is -0.497 e. The molecular weight excluding hydrogens is 370 g/mol. The van der Waals surface area contributed by atoms with Gasteiger partial charge in [0.05, 0.1) is 19.8 Å². The smallest absolute Gasteiger partial charge is 0.245 e. The molecule has 0 unspecified atom stereocenters. The average Bonchev–Trinajstić information content (AvgIpc) is 3.46. The van der Waals surface area contributed by atoms with Crippen LogP contribution in [0.2, 0.25) is 0 Å². The van der Waals surface area contributed by atoms with Gasteiger partial charge in [-0.15, -0.1) is 0 Å². The summed E-state index contributed by atoms with van der Waals surface area (Å²) >= 11 is 0. The Morgan fingerprint density at radius 3 is 2.37 bits per heavy atom. The van der Waals surface area contributed by atoms with Gasteiger partial charge in [-0.3, -0.25) is 0 Å². The largest absolute Gasteiger partial charge is 0.497 e. The van der Waals surface area contributed by atoms with Gasteiger partial charge in [-0.1, -0.05) is 6.07 Å². The van der Waals surface area contributed by atoms with Crippen molar-refractivity contribution in [1.82, 2.24) is 4.72 Å². The highest BCUT2D eigenvalue weighted by atomic mass is 32.2. The van der Waals surface area contributed by atoms with Gasteiger partial charge in [0.25, 0.3) is 0 Å². The van der Waals surface area contributed by atoms with E-state index in [1.807, 2.05) is 18.2 Å². The third-order valence-corrected chi connectivity index (χ3v) is 6.41. The van der Waals surface area contributed by atoms with E-state index in [0.29, 0.717) is 43.3 Å². The van der Waals surface area contributed by atoms with Gasteiger partial charge in [0.1, 0.15) is 29.6 Å². The van der Waals surface area contributed by atoms with E-state index in [4.69, 9.17) is 18.9 Å². The Balaban J connectivity index is 1.65. The summed E-state index contributed by atoms with van der Waals surface area (Å²) in [6.45, 7) is 1.000.